The fourth-order valence-corrected chi connectivity index (χ4v) is 7.27. The Bertz CT molecular complexity index is 956. The Kier molecular flexibility index (Phi) is 5.94. The Hall–Kier alpha value is -1.68. The molecule has 5 rings (SSSR count). The number of piperidine rings is 2. The first-order chi connectivity index (χ1) is 15.1. The van der Waals surface area contributed by atoms with Crippen molar-refractivity contribution < 1.29 is 0 Å². The second-order valence-corrected chi connectivity index (χ2v) is 10.6. The van der Waals surface area contributed by atoms with E-state index in [0.717, 1.165) is 41.8 Å². The Morgan fingerprint density at radius 3 is 2.16 bits per heavy atom. The van der Waals surface area contributed by atoms with Gasteiger partial charge in [0.2, 0.25) is 0 Å². The molecule has 1 saturated carbocycles. The van der Waals surface area contributed by atoms with Gasteiger partial charge in [-0.3, -0.25) is 9.69 Å². The van der Waals surface area contributed by atoms with E-state index in [2.05, 4.69) is 34.4 Å². The van der Waals surface area contributed by atoms with Crippen LogP contribution >= 0.6 is 0 Å². The number of aryl methyl sites for hydroxylation is 1. The van der Waals surface area contributed by atoms with Gasteiger partial charge in [-0.2, -0.15) is 0 Å². The molecule has 0 amide bonds. The van der Waals surface area contributed by atoms with Gasteiger partial charge in [0.25, 0.3) is 5.56 Å². The summed E-state index contributed by atoms with van der Waals surface area (Å²) in [7, 11) is 0. The summed E-state index contributed by atoms with van der Waals surface area (Å²) in [5.41, 5.74) is 2.72. The number of hydrogen-bond acceptors (Lipinski definition) is 3. The highest BCUT2D eigenvalue weighted by Gasteiger charge is 2.44. The van der Waals surface area contributed by atoms with Crippen molar-refractivity contribution in [3.05, 3.63) is 40.3 Å². The van der Waals surface area contributed by atoms with Gasteiger partial charge < -0.3 is 4.57 Å². The second kappa shape index (κ2) is 8.69. The molecule has 4 unspecified atom stereocenters. The molecule has 4 heteroatoms. The Morgan fingerprint density at radius 1 is 0.871 bits per heavy atom. The van der Waals surface area contributed by atoms with Crippen LogP contribution in [0, 0.1) is 18.8 Å². The molecular weight excluding hydrogens is 382 g/mol. The van der Waals surface area contributed by atoms with E-state index in [0.29, 0.717) is 23.8 Å². The van der Waals surface area contributed by atoms with Gasteiger partial charge in [0.05, 0.1) is 11.0 Å². The molecule has 2 aromatic rings. The highest BCUT2D eigenvalue weighted by atomic mass is 16.1. The zero-order chi connectivity index (χ0) is 21.5. The minimum absolute atomic E-state index is 0.116. The molecule has 2 saturated heterocycles. The van der Waals surface area contributed by atoms with E-state index in [1.54, 1.807) is 0 Å². The number of fused-ring (bicyclic) bond motifs is 3. The van der Waals surface area contributed by atoms with Gasteiger partial charge in [-0.1, -0.05) is 45.2 Å². The molecule has 2 bridgehead atoms. The number of benzene rings is 1. The lowest BCUT2D eigenvalue weighted by Crippen LogP contribution is -2.58. The lowest BCUT2D eigenvalue weighted by molar-refractivity contribution is -0.0431. The number of nitrogens with zero attached hydrogens (tertiary/aromatic N) is 3. The van der Waals surface area contributed by atoms with Crippen LogP contribution in [0.15, 0.2) is 29.1 Å². The van der Waals surface area contributed by atoms with E-state index in [1.165, 1.54) is 51.4 Å². The Labute approximate surface area is 187 Å². The van der Waals surface area contributed by atoms with Crippen molar-refractivity contribution in [3.8, 4) is 0 Å². The molecule has 3 aliphatic rings. The predicted octanol–water partition coefficient (Wildman–Crippen LogP) is 5.87. The summed E-state index contributed by atoms with van der Waals surface area (Å²) in [6.45, 7) is 6.64. The molecule has 3 fully saturated rings. The van der Waals surface area contributed by atoms with Crippen LogP contribution in [-0.4, -0.2) is 32.6 Å². The van der Waals surface area contributed by atoms with Crippen molar-refractivity contribution in [2.75, 3.05) is 0 Å². The van der Waals surface area contributed by atoms with E-state index in [9.17, 15) is 4.79 Å². The van der Waals surface area contributed by atoms with Crippen molar-refractivity contribution >= 4 is 11.0 Å². The molecule has 4 atom stereocenters. The number of aromatic nitrogens is 2. The van der Waals surface area contributed by atoms with Crippen LogP contribution in [0.1, 0.15) is 89.8 Å². The lowest BCUT2D eigenvalue weighted by Gasteiger charge is -2.54. The molecular formula is C27H39N3O. The normalized spacial score (nSPS) is 34.2. The van der Waals surface area contributed by atoms with E-state index < -0.39 is 0 Å². The molecule has 3 heterocycles. The number of para-hydroxylation sites is 2. The average Bonchev–Trinajstić information content (AvgIpc) is 2.78. The summed E-state index contributed by atoms with van der Waals surface area (Å²) >= 11 is 0. The van der Waals surface area contributed by atoms with Crippen LogP contribution < -0.4 is 5.56 Å². The summed E-state index contributed by atoms with van der Waals surface area (Å²) in [5, 5.41) is 0. The summed E-state index contributed by atoms with van der Waals surface area (Å²) in [6.07, 6.45) is 13.1. The summed E-state index contributed by atoms with van der Waals surface area (Å²) < 4.78 is 2.12. The summed E-state index contributed by atoms with van der Waals surface area (Å²) in [6, 6.07) is 10.5. The van der Waals surface area contributed by atoms with Crippen molar-refractivity contribution in [1.29, 1.82) is 0 Å². The zero-order valence-electron chi connectivity index (χ0n) is 19.6. The Morgan fingerprint density at radius 2 is 1.52 bits per heavy atom. The third kappa shape index (κ3) is 3.86. The van der Waals surface area contributed by atoms with Crippen molar-refractivity contribution in [2.45, 2.75) is 109 Å². The fraction of sp³-hybridized carbons (Fsp3) is 0.704. The first kappa shape index (κ1) is 21.2. The maximum absolute atomic E-state index is 13.2. The van der Waals surface area contributed by atoms with Crippen LogP contribution in [-0.2, 0) is 0 Å². The summed E-state index contributed by atoms with van der Waals surface area (Å²) in [5.74, 6) is 1.80. The number of hydrogen-bond donors (Lipinski definition) is 0. The van der Waals surface area contributed by atoms with E-state index >= 15 is 0 Å². The van der Waals surface area contributed by atoms with Gasteiger partial charge in [0.1, 0.15) is 5.69 Å². The summed E-state index contributed by atoms with van der Waals surface area (Å²) in [4.78, 5) is 20.8. The maximum Gasteiger partial charge on any atom is 0.272 e. The fourth-order valence-electron chi connectivity index (χ4n) is 7.27. The molecule has 0 radical (unpaired) electrons. The maximum atomic E-state index is 13.2. The highest BCUT2D eigenvalue weighted by molar-refractivity contribution is 5.74. The van der Waals surface area contributed by atoms with Gasteiger partial charge in [0.15, 0.2) is 0 Å². The van der Waals surface area contributed by atoms with Gasteiger partial charge in [-0.15, -0.1) is 0 Å². The van der Waals surface area contributed by atoms with Gasteiger partial charge >= 0.3 is 0 Å². The average molecular weight is 422 g/mol. The van der Waals surface area contributed by atoms with E-state index in [-0.39, 0.29) is 5.56 Å². The van der Waals surface area contributed by atoms with Crippen LogP contribution in [0.25, 0.3) is 11.0 Å². The second-order valence-electron chi connectivity index (χ2n) is 10.6. The first-order valence-electron chi connectivity index (χ1n) is 12.8. The molecule has 1 aromatic carbocycles. The quantitative estimate of drug-likeness (QED) is 0.620. The SMILES string of the molecule is CCC1CC(CC)CC(N2C3CCCC2CC(n2c(=O)c(C)nc4ccccc42)C3)C1. The van der Waals surface area contributed by atoms with Crippen LogP contribution in [0.2, 0.25) is 0 Å². The van der Waals surface area contributed by atoms with E-state index in [4.69, 9.17) is 0 Å². The van der Waals surface area contributed by atoms with Crippen LogP contribution in [0.3, 0.4) is 0 Å². The molecule has 4 nitrogen and oxygen atoms in total. The van der Waals surface area contributed by atoms with Gasteiger partial charge in [0, 0.05) is 24.2 Å². The lowest BCUT2D eigenvalue weighted by atomic mass is 9.72. The monoisotopic (exact) mass is 421 g/mol. The molecule has 1 aliphatic carbocycles. The highest BCUT2D eigenvalue weighted by Crippen LogP contribution is 2.45. The molecule has 2 aliphatic heterocycles. The molecule has 31 heavy (non-hydrogen) atoms. The van der Waals surface area contributed by atoms with Crippen molar-refractivity contribution in [2.24, 2.45) is 11.8 Å². The number of rotatable bonds is 4. The predicted molar refractivity (Wildman–Crippen MR) is 127 cm³/mol. The minimum Gasteiger partial charge on any atom is -0.302 e. The van der Waals surface area contributed by atoms with Crippen molar-refractivity contribution in [1.82, 2.24) is 14.5 Å². The van der Waals surface area contributed by atoms with Crippen LogP contribution in [0.5, 0.6) is 0 Å². The standard InChI is InChI=1S/C27H39N3O/c1-4-19-13-20(5-2)15-23(14-19)29-21-9-8-10-22(29)17-24(16-21)30-26-12-7-6-11-25(26)28-18(3)27(30)31/h6-7,11-12,19-24H,4-5,8-10,13-17H2,1-3H3. The van der Waals surface area contributed by atoms with Gasteiger partial charge in [-0.05, 0) is 75.8 Å². The molecule has 0 N–H and O–H groups in total. The molecule has 168 valence electrons. The van der Waals surface area contributed by atoms with E-state index in [1.807, 2.05) is 25.1 Å². The van der Waals surface area contributed by atoms with Gasteiger partial charge in [-0.25, -0.2) is 4.98 Å². The van der Waals surface area contributed by atoms with Crippen molar-refractivity contribution in [3.63, 3.8) is 0 Å². The zero-order valence-corrected chi connectivity index (χ0v) is 19.6. The Balaban J connectivity index is 1.46. The topological polar surface area (TPSA) is 38.1 Å². The molecule has 0 spiro atoms. The minimum atomic E-state index is 0.116. The third-order valence-corrected chi connectivity index (χ3v) is 8.78. The smallest absolute Gasteiger partial charge is 0.272 e. The first-order valence-corrected chi connectivity index (χ1v) is 12.8. The molecule has 1 aromatic heterocycles. The largest absolute Gasteiger partial charge is 0.302 e. The van der Waals surface area contributed by atoms with Crippen LogP contribution in [0.4, 0.5) is 0 Å². The third-order valence-electron chi connectivity index (χ3n) is 8.78.